The Morgan fingerprint density at radius 2 is 0.583 bits per heavy atom. The van der Waals surface area contributed by atoms with Gasteiger partial charge in [0, 0.05) is 13.2 Å². The van der Waals surface area contributed by atoms with Gasteiger partial charge in [-0.15, -0.1) is 0 Å². The molecule has 0 aliphatic carbocycles. The van der Waals surface area contributed by atoms with Gasteiger partial charge in [-0.05, 0) is 12.8 Å². The Hall–Kier alpha value is -0.920. The second-order valence-electron chi connectivity index (χ2n) is 3.97. The van der Waals surface area contributed by atoms with Gasteiger partial charge in [-0.2, -0.15) is 52.7 Å². The molecular weight excluding hydrogens is 380 g/mol. The Bertz CT molecular complexity index is 234. The third-order valence-electron chi connectivity index (χ3n) is 1.37. The van der Waals surface area contributed by atoms with Crippen LogP contribution in [0.2, 0.25) is 0 Å². The van der Waals surface area contributed by atoms with Crippen LogP contribution in [0.25, 0.3) is 0 Å². The molecule has 0 saturated carbocycles. The predicted molar refractivity (Wildman–Crippen MR) is 56.9 cm³/mol. The second kappa shape index (κ2) is 11.6. The van der Waals surface area contributed by atoms with Crippen molar-refractivity contribution < 1.29 is 62.9 Å². The molecule has 0 bridgehead atoms. The van der Waals surface area contributed by atoms with Crippen LogP contribution in [0.15, 0.2) is 0 Å². The molecule has 2 nitrogen and oxygen atoms in total. The van der Waals surface area contributed by atoms with Crippen LogP contribution >= 0.6 is 0 Å². The molecule has 0 aromatic rings. The summed E-state index contributed by atoms with van der Waals surface area (Å²) in [7, 11) is 0. The third kappa shape index (κ3) is 42.9. The molecule has 150 valence electrons. The van der Waals surface area contributed by atoms with Crippen LogP contribution in [0.3, 0.4) is 0 Å². The maximum atomic E-state index is 10.8. The molecule has 24 heavy (non-hydrogen) atoms. The van der Waals surface area contributed by atoms with Crippen LogP contribution in [0.5, 0.6) is 0 Å². The van der Waals surface area contributed by atoms with E-state index >= 15 is 0 Å². The minimum Gasteiger partial charge on any atom is -0.396 e. The van der Waals surface area contributed by atoms with Crippen LogP contribution in [0, 0.1) is 0 Å². The summed E-state index contributed by atoms with van der Waals surface area (Å²) in [6.07, 6.45) is -24.5. The number of unbranched alkanes of at least 4 members (excludes halogenated alkanes) is 1. The predicted octanol–water partition coefficient (Wildman–Crippen LogP) is 4.75. The molecular formula is C10H14F12O2. The number of aliphatic hydroxyl groups excluding tert-OH is 2. The highest BCUT2D eigenvalue weighted by molar-refractivity contribution is 4.58. The number of aliphatic hydroxyl groups is 2. The van der Waals surface area contributed by atoms with Crippen LogP contribution in [-0.4, -0.2) is 48.1 Å². The number of rotatable bonds is 3. The lowest BCUT2D eigenvalue weighted by Crippen LogP contribution is -2.20. The largest absolute Gasteiger partial charge is 0.397 e. The first-order valence-corrected chi connectivity index (χ1v) is 5.81. The summed E-state index contributed by atoms with van der Waals surface area (Å²) in [6.45, 7) is 0.390. The van der Waals surface area contributed by atoms with Gasteiger partial charge < -0.3 is 10.2 Å². The fourth-order valence-corrected chi connectivity index (χ4v) is 0.678. The normalized spacial score (nSPS) is 12.8. The van der Waals surface area contributed by atoms with E-state index < -0.39 is 37.5 Å². The van der Waals surface area contributed by atoms with Crippen molar-refractivity contribution in [2.45, 2.75) is 50.4 Å². The van der Waals surface area contributed by atoms with E-state index in [1.807, 2.05) is 0 Å². The molecule has 0 spiro atoms. The van der Waals surface area contributed by atoms with Crippen molar-refractivity contribution >= 4 is 0 Å². The van der Waals surface area contributed by atoms with Crippen molar-refractivity contribution in [1.29, 1.82) is 0 Å². The summed E-state index contributed by atoms with van der Waals surface area (Å²) in [5.41, 5.74) is 0. The van der Waals surface area contributed by atoms with Crippen LogP contribution in [0.4, 0.5) is 52.7 Å². The van der Waals surface area contributed by atoms with Gasteiger partial charge in [-0.25, -0.2) is 0 Å². The maximum absolute atomic E-state index is 10.8. The first-order valence-electron chi connectivity index (χ1n) is 5.81. The minimum absolute atomic E-state index is 0.195. The molecule has 0 aliphatic rings. The molecule has 0 rings (SSSR count). The molecule has 0 saturated heterocycles. The molecule has 14 heteroatoms. The number of hydrogen-bond acceptors (Lipinski definition) is 2. The SMILES string of the molecule is FC(F)(F)CC(F)(F)F.FC(F)(F)CC(F)(F)F.OCCCCO. The summed E-state index contributed by atoms with van der Waals surface area (Å²) in [6, 6.07) is 0. The lowest BCUT2D eigenvalue weighted by Gasteiger charge is -2.08. The van der Waals surface area contributed by atoms with Gasteiger partial charge in [0.1, 0.15) is 12.8 Å². The standard InChI is InChI=1S/C4H10O2.2C3H2F6/c5-3-1-2-4-6;2*4-2(5,6)1-3(7,8)9/h5-6H,1-4H2;2*1H2. The fourth-order valence-electron chi connectivity index (χ4n) is 0.678. The van der Waals surface area contributed by atoms with Gasteiger partial charge in [-0.1, -0.05) is 0 Å². The summed E-state index contributed by atoms with van der Waals surface area (Å²) in [5.74, 6) is 0. The first kappa shape index (κ1) is 27.9. The Morgan fingerprint density at radius 3 is 0.625 bits per heavy atom. The van der Waals surface area contributed by atoms with Crippen molar-refractivity contribution in [3.63, 3.8) is 0 Å². The van der Waals surface area contributed by atoms with Crippen molar-refractivity contribution in [3.8, 4) is 0 Å². The Kier molecular flexibility index (Phi) is 13.5. The molecule has 0 fully saturated rings. The van der Waals surface area contributed by atoms with Gasteiger partial charge in [0.2, 0.25) is 0 Å². The summed E-state index contributed by atoms with van der Waals surface area (Å²) in [4.78, 5) is 0. The van der Waals surface area contributed by atoms with E-state index in [-0.39, 0.29) is 13.2 Å². The smallest absolute Gasteiger partial charge is 0.396 e. The third-order valence-corrected chi connectivity index (χ3v) is 1.37. The van der Waals surface area contributed by atoms with Crippen molar-refractivity contribution in [3.05, 3.63) is 0 Å². The average Bonchev–Trinajstić information content (AvgIpc) is 2.17. The van der Waals surface area contributed by atoms with Gasteiger partial charge >= 0.3 is 24.7 Å². The highest BCUT2D eigenvalue weighted by Crippen LogP contribution is 2.32. The van der Waals surface area contributed by atoms with Gasteiger partial charge in [0.25, 0.3) is 0 Å². The van der Waals surface area contributed by atoms with E-state index in [4.69, 9.17) is 10.2 Å². The van der Waals surface area contributed by atoms with E-state index in [0.717, 1.165) is 12.8 Å². The van der Waals surface area contributed by atoms with Gasteiger partial charge in [-0.3, -0.25) is 0 Å². The molecule has 0 heterocycles. The van der Waals surface area contributed by atoms with Crippen LogP contribution in [-0.2, 0) is 0 Å². The summed E-state index contributed by atoms with van der Waals surface area (Å²) < 4.78 is 130. The zero-order chi connectivity index (χ0) is 20.2. The quantitative estimate of drug-likeness (QED) is 0.536. The number of alkyl halides is 12. The van der Waals surface area contributed by atoms with Crippen molar-refractivity contribution in [1.82, 2.24) is 0 Å². The van der Waals surface area contributed by atoms with Crippen molar-refractivity contribution in [2.24, 2.45) is 0 Å². The number of halogens is 12. The zero-order valence-electron chi connectivity index (χ0n) is 11.7. The van der Waals surface area contributed by atoms with E-state index in [0.29, 0.717) is 0 Å². The summed E-state index contributed by atoms with van der Waals surface area (Å²) >= 11 is 0. The molecule has 2 N–H and O–H groups in total. The molecule has 0 atom stereocenters. The Labute approximate surface area is 128 Å². The highest BCUT2D eigenvalue weighted by atomic mass is 19.4. The van der Waals surface area contributed by atoms with E-state index in [1.54, 1.807) is 0 Å². The molecule has 0 unspecified atom stereocenters. The minimum atomic E-state index is -5.14. The van der Waals surface area contributed by atoms with E-state index in [1.165, 1.54) is 0 Å². The topological polar surface area (TPSA) is 40.5 Å². The Balaban J connectivity index is -0.000000282. The average molecular weight is 394 g/mol. The highest BCUT2D eigenvalue weighted by Gasteiger charge is 2.44. The molecule has 0 aromatic heterocycles. The molecule has 0 radical (unpaired) electrons. The van der Waals surface area contributed by atoms with Crippen LogP contribution < -0.4 is 0 Å². The molecule has 0 amide bonds. The zero-order valence-corrected chi connectivity index (χ0v) is 11.7. The van der Waals surface area contributed by atoms with E-state index in [2.05, 4.69) is 0 Å². The maximum Gasteiger partial charge on any atom is 0.397 e. The second-order valence-corrected chi connectivity index (χ2v) is 3.97. The number of hydrogen-bond donors (Lipinski definition) is 2. The lowest BCUT2D eigenvalue weighted by molar-refractivity contribution is -0.233. The lowest BCUT2D eigenvalue weighted by atomic mass is 10.3. The monoisotopic (exact) mass is 394 g/mol. The molecule has 0 aromatic carbocycles. The van der Waals surface area contributed by atoms with E-state index in [9.17, 15) is 52.7 Å². The van der Waals surface area contributed by atoms with Gasteiger partial charge in [0.15, 0.2) is 0 Å². The molecule has 0 aliphatic heterocycles. The fraction of sp³-hybridized carbons (Fsp3) is 1.00. The van der Waals surface area contributed by atoms with Crippen molar-refractivity contribution in [2.75, 3.05) is 13.2 Å². The van der Waals surface area contributed by atoms with Crippen LogP contribution in [0.1, 0.15) is 25.7 Å². The summed E-state index contributed by atoms with van der Waals surface area (Å²) in [5, 5.41) is 16.2. The van der Waals surface area contributed by atoms with Gasteiger partial charge in [0.05, 0.1) is 0 Å². The first-order chi connectivity index (χ1) is 10.3. The Morgan fingerprint density at radius 1 is 0.417 bits per heavy atom.